The van der Waals surface area contributed by atoms with Crippen LogP contribution < -0.4 is 5.32 Å². The second-order valence-corrected chi connectivity index (χ2v) is 8.34. The van der Waals surface area contributed by atoms with Gasteiger partial charge in [-0.05, 0) is 50.5 Å². The summed E-state index contributed by atoms with van der Waals surface area (Å²) in [5.74, 6) is 0.815. The van der Waals surface area contributed by atoms with Gasteiger partial charge in [0.05, 0.1) is 10.9 Å². The quantitative estimate of drug-likeness (QED) is 0.883. The van der Waals surface area contributed by atoms with Crippen LogP contribution in [0.25, 0.3) is 0 Å². The van der Waals surface area contributed by atoms with E-state index >= 15 is 0 Å². The molecule has 1 aliphatic heterocycles. The maximum atomic E-state index is 13.1. The highest BCUT2D eigenvalue weighted by Gasteiger charge is 2.34. The summed E-state index contributed by atoms with van der Waals surface area (Å²) in [7, 11) is -3.51. The van der Waals surface area contributed by atoms with Crippen molar-refractivity contribution in [3.05, 3.63) is 53.7 Å². The van der Waals surface area contributed by atoms with E-state index in [4.69, 9.17) is 0 Å². The Morgan fingerprint density at radius 2 is 1.92 bits per heavy atom. The van der Waals surface area contributed by atoms with Crippen LogP contribution in [-0.2, 0) is 10.0 Å². The number of benzene rings is 1. The molecule has 0 bridgehead atoms. The number of hydrogen-bond donors (Lipinski definition) is 1. The second-order valence-electron chi connectivity index (χ2n) is 6.45. The third kappa shape index (κ3) is 3.85. The molecule has 2 heterocycles. The number of piperidine rings is 1. The predicted octanol–water partition coefficient (Wildman–Crippen LogP) is 3.74. The van der Waals surface area contributed by atoms with E-state index in [-0.39, 0.29) is 6.04 Å². The van der Waals surface area contributed by atoms with Crippen molar-refractivity contribution < 1.29 is 8.42 Å². The van der Waals surface area contributed by atoms with Crippen molar-refractivity contribution in [2.45, 2.75) is 44.0 Å². The van der Waals surface area contributed by atoms with Gasteiger partial charge in [-0.2, -0.15) is 4.31 Å². The van der Waals surface area contributed by atoms with Crippen molar-refractivity contribution in [1.29, 1.82) is 0 Å². The van der Waals surface area contributed by atoms with Crippen LogP contribution in [0.5, 0.6) is 0 Å². The van der Waals surface area contributed by atoms with E-state index in [9.17, 15) is 8.42 Å². The zero-order chi connectivity index (χ0) is 17.9. The first kappa shape index (κ1) is 17.9. The Morgan fingerprint density at radius 3 is 2.56 bits per heavy atom. The van der Waals surface area contributed by atoms with Crippen LogP contribution in [0.4, 0.5) is 5.82 Å². The minimum absolute atomic E-state index is 0.150. The Labute approximate surface area is 150 Å². The molecule has 3 rings (SSSR count). The minimum atomic E-state index is -3.51. The number of nitrogens with zero attached hydrogens (tertiary/aromatic N) is 2. The van der Waals surface area contributed by atoms with Crippen LogP contribution in [-0.4, -0.2) is 30.8 Å². The van der Waals surface area contributed by atoms with Gasteiger partial charge in [0.25, 0.3) is 0 Å². The molecule has 0 saturated carbocycles. The van der Waals surface area contributed by atoms with Gasteiger partial charge in [-0.1, -0.05) is 30.2 Å². The molecule has 1 aliphatic rings. The Morgan fingerprint density at radius 1 is 1.16 bits per heavy atom. The molecular weight excluding hydrogens is 334 g/mol. The van der Waals surface area contributed by atoms with Crippen LogP contribution in [0, 0.1) is 6.92 Å². The van der Waals surface area contributed by atoms with Gasteiger partial charge in [-0.25, -0.2) is 13.4 Å². The largest absolute Gasteiger partial charge is 0.370 e. The Balaban J connectivity index is 1.91. The summed E-state index contributed by atoms with van der Waals surface area (Å²) < 4.78 is 27.9. The minimum Gasteiger partial charge on any atom is -0.370 e. The molecule has 2 aromatic rings. The van der Waals surface area contributed by atoms with Crippen LogP contribution in [0.3, 0.4) is 0 Å². The fraction of sp³-hybridized carbons (Fsp3) is 0.421. The van der Waals surface area contributed by atoms with Crippen molar-refractivity contribution in [3.8, 4) is 0 Å². The van der Waals surface area contributed by atoms with Gasteiger partial charge in [0.15, 0.2) is 0 Å². The smallest absolute Gasteiger partial charge is 0.243 e. The number of rotatable bonds is 5. The lowest BCUT2D eigenvalue weighted by Gasteiger charge is -2.35. The summed E-state index contributed by atoms with van der Waals surface area (Å²) in [6, 6.07) is 10.8. The van der Waals surface area contributed by atoms with Gasteiger partial charge >= 0.3 is 0 Å². The Bertz CT molecular complexity index is 802. The number of pyridine rings is 1. The molecule has 6 heteroatoms. The van der Waals surface area contributed by atoms with E-state index in [1.54, 1.807) is 22.6 Å². The van der Waals surface area contributed by atoms with E-state index < -0.39 is 10.0 Å². The van der Waals surface area contributed by atoms with Gasteiger partial charge < -0.3 is 5.32 Å². The number of nitrogens with one attached hydrogen (secondary N) is 1. The lowest BCUT2D eigenvalue weighted by Crippen LogP contribution is -2.38. The van der Waals surface area contributed by atoms with Gasteiger partial charge in [0, 0.05) is 19.3 Å². The van der Waals surface area contributed by atoms with Crippen LogP contribution in [0.1, 0.15) is 43.4 Å². The predicted molar refractivity (Wildman–Crippen MR) is 100 cm³/mol. The average Bonchev–Trinajstić information content (AvgIpc) is 2.63. The SMILES string of the molecule is CCNc1ccc(C2CCCCN2S(=O)(=O)c2ccc(C)cc2)cn1. The van der Waals surface area contributed by atoms with Crippen LogP contribution >= 0.6 is 0 Å². The van der Waals surface area contributed by atoms with E-state index in [1.807, 2.05) is 38.1 Å². The lowest BCUT2D eigenvalue weighted by molar-refractivity contribution is 0.255. The van der Waals surface area contributed by atoms with Crippen molar-refractivity contribution in [2.75, 3.05) is 18.4 Å². The molecule has 134 valence electrons. The molecule has 25 heavy (non-hydrogen) atoms. The Kier molecular flexibility index (Phi) is 5.39. The van der Waals surface area contributed by atoms with Crippen molar-refractivity contribution in [2.24, 2.45) is 0 Å². The standard InChI is InChI=1S/C19H25N3O2S/c1-3-20-19-12-9-16(14-21-19)18-6-4-5-13-22(18)25(23,24)17-10-7-15(2)8-11-17/h7-12,14,18H,3-6,13H2,1-2H3,(H,20,21). The summed E-state index contributed by atoms with van der Waals surface area (Å²) in [4.78, 5) is 4.78. The molecule has 1 unspecified atom stereocenters. The Hall–Kier alpha value is -1.92. The third-order valence-electron chi connectivity index (χ3n) is 4.61. The lowest BCUT2D eigenvalue weighted by atomic mass is 9.99. The average molecular weight is 359 g/mol. The number of aromatic nitrogens is 1. The normalized spacial score (nSPS) is 18.9. The second kappa shape index (κ2) is 7.54. The number of anilines is 1. The first-order chi connectivity index (χ1) is 12.0. The van der Waals surface area contributed by atoms with E-state index in [0.29, 0.717) is 11.4 Å². The van der Waals surface area contributed by atoms with Crippen molar-refractivity contribution in [3.63, 3.8) is 0 Å². The first-order valence-corrected chi connectivity index (χ1v) is 10.2. The van der Waals surface area contributed by atoms with Gasteiger partial charge in [0.2, 0.25) is 10.0 Å². The highest BCUT2D eigenvalue weighted by molar-refractivity contribution is 7.89. The molecule has 5 nitrogen and oxygen atoms in total. The summed E-state index contributed by atoms with van der Waals surface area (Å²) in [5, 5.41) is 3.17. The third-order valence-corrected chi connectivity index (χ3v) is 6.53. The van der Waals surface area contributed by atoms with Gasteiger partial charge in [0.1, 0.15) is 5.82 Å². The molecule has 1 fully saturated rings. The number of sulfonamides is 1. The zero-order valence-electron chi connectivity index (χ0n) is 14.8. The fourth-order valence-electron chi connectivity index (χ4n) is 3.26. The van der Waals surface area contributed by atoms with Gasteiger partial charge in [-0.3, -0.25) is 0 Å². The monoisotopic (exact) mass is 359 g/mol. The maximum absolute atomic E-state index is 13.1. The topological polar surface area (TPSA) is 62.3 Å². The molecule has 1 aromatic carbocycles. The summed E-state index contributed by atoms with van der Waals surface area (Å²) in [6.45, 7) is 5.34. The zero-order valence-corrected chi connectivity index (χ0v) is 15.6. The molecule has 0 spiro atoms. The number of aryl methyl sites for hydroxylation is 1. The van der Waals surface area contributed by atoms with Crippen LogP contribution in [0.2, 0.25) is 0 Å². The van der Waals surface area contributed by atoms with Crippen LogP contribution in [0.15, 0.2) is 47.5 Å². The molecule has 0 radical (unpaired) electrons. The summed E-state index contributed by atoms with van der Waals surface area (Å²) in [6.07, 6.45) is 4.54. The fourth-order valence-corrected chi connectivity index (χ4v) is 4.94. The first-order valence-electron chi connectivity index (χ1n) is 8.80. The van der Waals surface area contributed by atoms with Crippen molar-refractivity contribution in [1.82, 2.24) is 9.29 Å². The van der Waals surface area contributed by atoms with E-state index in [1.165, 1.54) is 0 Å². The maximum Gasteiger partial charge on any atom is 0.243 e. The molecule has 1 aromatic heterocycles. The highest BCUT2D eigenvalue weighted by atomic mass is 32.2. The number of hydrogen-bond acceptors (Lipinski definition) is 4. The highest BCUT2D eigenvalue weighted by Crippen LogP contribution is 2.35. The molecule has 0 aliphatic carbocycles. The molecule has 1 saturated heterocycles. The van der Waals surface area contributed by atoms with Gasteiger partial charge in [-0.15, -0.1) is 0 Å². The van der Waals surface area contributed by atoms with Crippen molar-refractivity contribution >= 4 is 15.8 Å². The van der Waals surface area contributed by atoms with E-state index in [2.05, 4.69) is 10.3 Å². The molecular formula is C19H25N3O2S. The summed E-state index contributed by atoms with van der Waals surface area (Å²) >= 11 is 0. The molecule has 1 atom stereocenters. The van der Waals surface area contributed by atoms with E-state index in [0.717, 1.165) is 42.8 Å². The summed E-state index contributed by atoms with van der Waals surface area (Å²) in [5.41, 5.74) is 2.01. The molecule has 0 amide bonds. The molecule has 1 N–H and O–H groups in total.